The molecule has 176 valence electrons. The van der Waals surface area contributed by atoms with Crippen LogP contribution in [0.2, 0.25) is 0 Å². The van der Waals surface area contributed by atoms with Crippen molar-refractivity contribution in [3.05, 3.63) is 11.8 Å². The van der Waals surface area contributed by atoms with E-state index < -0.39 is 28.5 Å². The van der Waals surface area contributed by atoms with E-state index in [2.05, 4.69) is 19.8 Å². The van der Waals surface area contributed by atoms with E-state index in [0.717, 1.165) is 17.9 Å². The standard InChI is InChI=1S/C17H26N8O6S/c1-25(2,3)9-22-7-10(19-15(22)18)13-20-21-14(30-13)11-6-17(4-5-17)12-8-23(11)16(26)24(12)31-32(27,28)29/h10-12H,4-9H2,1-3H3,(H2-,18,19,27,28,29)/p+1/t10?,11-,12-/m0/s1. The van der Waals surface area contributed by atoms with Crippen molar-refractivity contribution in [2.75, 3.05) is 40.9 Å². The lowest BCUT2D eigenvalue weighted by Crippen LogP contribution is -2.46. The molecule has 0 radical (unpaired) electrons. The van der Waals surface area contributed by atoms with Crippen LogP contribution in [0.5, 0.6) is 0 Å². The Morgan fingerprint density at radius 1 is 1.28 bits per heavy atom. The van der Waals surface area contributed by atoms with E-state index in [9.17, 15) is 13.2 Å². The van der Waals surface area contributed by atoms with Gasteiger partial charge in [0.1, 0.15) is 12.1 Å². The van der Waals surface area contributed by atoms with Crippen LogP contribution >= 0.6 is 0 Å². The number of urea groups is 1. The Morgan fingerprint density at radius 3 is 2.59 bits per heavy atom. The second kappa shape index (κ2) is 6.76. The van der Waals surface area contributed by atoms with Gasteiger partial charge in [0.05, 0.1) is 33.7 Å². The van der Waals surface area contributed by atoms with Crippen molar-refractivity contribution < 1.29 is 30.9 Å². The Bertz CT molecular complexity index is 1060. The summed E-state index contributed by atoms with van der Waals surface area (Å²) in [4.78, 5) is 16.2. The van der Waals surface area contributed by atoms with Crippen LogP contribution in [-0.2, 0) is 14.7 Å². The smallest absolute Gasteiger partial charge is 0.418 e. The lowest BCUT2D eigenvalue weighted by Gasteiger charge is -2.34. The molecular formula is C17H27N8O6S+. The lowest BCUT2D eigenvalue weighted by molar-refractivity contribution is -0.879. The Hall–Kier alpha value is -2.49. The van der Waals surface area contributed by atoms with Crippen LogP contribution in [0, 0.1) is 10.8 Å². The molecule has 1 spiro atoms. The summed E-state index contributed by atoms with van der Waals surface area (Å²) in [6, 6.07) is -1.97. The summed E-state index contributed by atoms with van der Waals surface area (Å²) in [6.07, 6.45) is 2.16. The van der Waals surface area contributed by atoms with Crippen LogP contribution in [0.4, 0.5) is 4.79 Å². The number of rotatable bonds is 6. The van der Waals surface area contributed by atoms with Gasteiger partial charge >= 0.3 is 16.4 Å². The molecule has 1 saturated carbocycles. The minimum absolute atomic E-state index is 0.250. The molecule has 4 fully saturated rings. The van der Waals surface area contributed by atoms with E-state index in [4.69, 9.17) is 14.4 Å². The summed E-state index contributed by atoms with van der Waals surface area (Å²) in [5.41, 5.74) is -0.304. The molecule has 1 aromatic rings. The lowest BCUT2D eigenvalue weighted by atomic mass is 9.85. The third kappa shape index (κ3) is 3.68. The van der Waals surface area contributed by atoms with Crippen molar-refractivity contribution in [2.45, 2.75) is 37.4 Å². The molecule has 32 heavy (non-hydrogen) atoms. The largest absolute Gasteiger partial charge is 0.421 e. The maximum Gasteiger partial charge on any atom is 0.418 e. The van der Waals surface area contributed by atoms with Gasteiger partial charge in [-0.3, -0.25) is 14.9 Å². The third-order valence-electron chi connectivity index (χ3n) is 6.50. The number of carbonyl (C=O) groups excluding carboxylic acids is 1. The summed E-state index contributed by atoms with van der Waals surface area (Å²) in [7, 11) is 1.30. The highest BCUT2D eigenvalue weighted by Crippen LogP contribution is 2.61. The highest BCUT2D eigenvalue weighted by Gasteiger charge is 2.65. The van der Waals surface area contributed by atoms with E-state index >= 15 is 0 Å². The molecule has 2 bridgehead atoms. The van der Waals surface area contributed by atoms with Crippen LogP contribution in [0.25, 0.3) is 0 Å². The summed E-state index contributed by atoms with van der Waals surface area (Å²) >= 11 is 0. The van der Waals surface area contributed by atoms with Crippen molar-refractivity contribution in [1.82, 2.24) is 30.4 Å². The first-order valence-corrected chi connectivity index (χ1v) is 11.7. The molecule has 2 amide bonds. The number of nitrogens with one attached hydrogen (secondary N) is 2. The van der Waals surface area contributed by atoms with Crippen molar-refractivity contribution >= 4 is 22.4 Å². The zero-order chi connectivity index (χ0) is 23.1. The Morgan fingerprint density at radius 2 is 1.97 bits per heavy atom. The molecule has 0 aromatic carbocycles. The molecule has 3 atom stereocenters. The molecule has 1 aromatic heterocycles. The van der Waals surface area contributed by atoms with Gasteiger partial charge in [-0.05, 0) is 24.7 Å². The molecule has 4 aliphatic rings. The van der Waals surface area contributed by atoms with E-state index in [0.29, 0.717) is 30.0 Å². The van der Waals surface area contributed by atoms with E-state index in [1.54, 1.807) is 0 Å². The molecule has 15 heteroatoms. The maximum atomic E-state index is 12.9. The van der Waals surface area contributed by atoms with E-state index in [-0.39, 0.29) is 29.9 Å². The molecule has 14 nitrogen and oxygen atoms in total. The fourth-order valence-electron chi connectivity index (χ4n) is 4.95. The van der Waals surface area contributed by atoms with Gasteiger partial charge in [-0.2, -0.15) is 13.5 Å². The number of fused-ring (bicyclic) bond motifs is 3. The molecule has 5 rings (SSSR count). The number of carbonyl (C=O) groups is 1. The van der Waals surface area contributed by atoms with Crippen molar-refractivity contribution in [1.29, 1.82) is 5.41 Å². The first-order valence-electron chi connectivity index (χ1n) is 10.4. The SMILES string of the molecule is C[N+](C)(C)CN1CC(c2nnc([C@@H]3CC4(CC4)[C@@H]4CN3C(=O)N4OS(=O)(=O)O)o2)NC1=N. The highest BCUT2D eigenvalue weighted by atomic mass is 32.3. The fraction of sp³-hybridized carbons (Fsp3) is 0.765. The van der Waals surface area contributed by atoms with Gasteiger partial charge in [-0.1, -0.05) is 0 Å². The number of aromatic nitrogens is 2. The minimum atomic E-state index is -4.82. The second-order valence-electron chi connectivity index (χ2n) is 10.0. The number of quaternary nitrogens is 1. The van der Waals surface area contributed by atoms with E-state index in [1.807, 2.05) is 26.0 Å². The zero-order valence-corrected chi connectivity index (χ0v) is 18.9. The van der Waals surface area contributed by atoms with Gasteiger partial charge in [0.25, 0.3) is 0 Å². The van der Waals surface area contributed by atoms with Gasteiger partial charge < -0.3 is 19.1 Å². The summed E-state index contributed by atoms with van der Waals surface area (Å²) in [5, 5.41) is 20.4. The average Bonchev–Trinajstić information content (AvgIpc) is 3.00. The first-order chi connectivity index (χ1) is 14.9. The van der Waals surface area contributed by atoms with Crippen LogP contribution in [0.15, 0.2) is 4.42 Å². The number of piperidine rings is 1. The van der Waals surface area contributed by atoms with Crippen molar-refractivity contribution in [3.63, 3.8) is 0 Å². The van der Waals surface area contributed by atoms with Gasteiger partial charge in [0.2, 0.25) is 11.8 Å². The zero-order valence-electron chi connectivity index (χ0n) is 18.1. The monoisotopic (exact) mass is 471 g/mol. The van der Waals surface area contributed by atoms with Crippen molar-refractivity contribution in [3.8, 4) is 0 Å². The molecule has 4 heterocycles. The molecule has 1 unspecified atom stereocenters. The van der Waals surface area contributed by atoms with Crippen molar-refractivity contribution in [2.24, 2.45) is 5.41 Å². The van der Waals surface area contributed by atoms with Crippen LogP contribution in [0.1, 0.15) is 43.1 Å². The normalized spacial score (nSPS) is 29.2. The fourth-order valence-corrected chi connectivity index (χ4v) is 5.32. The number of hydrogen-bond donors (Lipinski definition) is 3. The number of guanidine groups is 1. The van der Waals surface area contributed by atoms with Gasteiger partial charge in [0.15, 0.2) is 12.6 Å². The number of hydroxylamine groups is 2. The van der Waals surface area contributed by atoms with Gasteiger partial charge in [-0.15, -0.1) is 14.5 Å². The third-order valence-corrected chi connectivity index (χ3v) is 6.85. The Kier molecular flexibility index (Phi) is 4.51. The molecule has 3 N–H and O–H groups in total. The Balaban J connectivity index is 1.35. The Labute approximate surface area is 185 Å². The van der Waals surface area contributed by atoms with Crippen LogP contribution in [0.3, 0.4) is 0 Å². The van der Waals surface area contributed by atoms with Gasteiger partial charge in [-0.25, -0.2) is 4.79 Å². The predicted octanol–water partition coefficient (Wildman–Crippen LogP) is -0.320. The summed E-state index contributed by atoms with van der Waals surface area (Å²) < 4.78 is 42.8. The second-order valence-corrected chi connectivity index (χ2v) is 11.0. The molecule has 3 aliphatic heterocycles. The van der Waals surface area contributed by atoms with Crippen LogP contribution in [-0.4, -0.2) is 101 Å². The van der Waals surface area contributed by atoms with Crippen LogP contribution < -0.4 is 5.32 Å². The summed E-state index contributed by atoms with van der Waals surface area (Å²) in [5.74, 6) is 0.886. The number of nitrogens with zero attached hydrogens (tertiary/aromatic N) is 6. The highest BCUT2D eigenvalue weighted by molar-refractivity contribution is 7.80. The maximum absolute atomic E-state index is 12.9. The minimum Gasteiger partial charge on any atom is -0.421 e. The number of hydrogen-bond acceptors (Lipinski definition) is 8. The quantitative estimate of drug-likeness (QED) is 0.370. The van der Waals surface area contributed by atoms with Gasteiger partial charge in [0, 0.05) is 6.54 Å². The topological polar surface area (TPSA) is 165 Å². The molecule has 1 aliphatic carbocycles. The van der Waals surface area contributed by atoms with E-state index in [1.165, 1.54) is 4.90 Å². The summed E-state index contributed by atoms with van der Waals surface area (Å²) in [6.45, 7) is 1.40. The first kappa shape index (κ1) is 21.4. The predicted molar refractivity (Wildman–Crippen MR) is 107 cm³/mol. The molecule has 3 saturated heterocycles. The number of amides is 2. The average molecular weight is 472 g/mol. The molecular weight excluding hydrogens is 444 g/mol.